The zero-order valence-corrected chi connectivity index (χ0v) is 6.43. The number of primary amides is 2. The highest BCUT2D eigenvalue weighted by Crippen LogP contribution is 2.16. The molecule has 0 aromatic carbocycles. The molecule has 1 saturated heterocycles. The number of hydrogen-bond acceptors (Lipinski definition) is 3. The lowest BCUT2D eigenvalue weighted by Crippen LogP contribution is -2.46. The summed E-state index contributed by atoms with van der Waals surface area (Å²) in [4.78, 5) is 22.5. The molecule has 0 radical (unpaired) electrons. The molecule has 0 aliphatic carbocycles. The fourth-order valence-electron chi connectivity index (χ4n) is 1.33. The van der Waals surface area contributed by atoms with E-state index in [1.807, 2.05) is 0 Å². The molecule has 2 atom stereocenters. The van der Waals surface area contributed by atoms with Gasteiger partial charge in [-0.15, -0.1) is 0 Å². The number of rotatable bonds is 1. The Hall–Kier alpha value is -1.30. The van der Waals surface area contributed by atoms with Crippen LogP contribution < -0.4 is 11.5 Å². The molecule has 6 heteroatoms. The third kappa shape index (κ3) is 1.48. The summed E-state index contributed by atoms with van der Waals surface area (Å²) in [5.74, 6) is -0.634. The summed E-state index contributed by atoms with van der Waals surface area (Å²) < 4.78 is 0. The quantitative estimate of drug-likeness (QED) is 0.426. The van der Waals surface area contributed by atoms with Crippen LogP contribution in [0.15, 0.2) is 0 Å². The molecule has 0 bridgehead atoms. The van der Waals surface area contributed by atoms with Crippen LogP contribution in [0, 0.1) is 0 Å². The SMILES string of the molecule is NC(=O)[C@H]1C[C@H](O)CN1C(N)=O. The smallest absolute Gasteiger partial charge is 0.315 e. The second-order valence-corrected chi connectivity index (χ2v) is 2.80. The number of aliphatic hydroxyl groups is 1. The van der Waals surface area contributed by atoms with Crippen molar-refractivity contribution in [3.05, 3.63) is 0 Å². The van der Waals surface area contributed by atoms with Crippen molar-refractivity contribution in [3.8, 4) is 0 Å². The summed E-state index contributed by atoms with van der Waals surface area (Å²) in [7, 11) is 0. The fraction of sp³-hybridized carbons (Fsp3) is 0.667. The van der Waals surface area contributed by atoms with Crippen LogP contribution in [0.2, 0.25) is 0 Å². The summed E-state index contributed by atoms with van der Waals surface area (Å²) in [5, 5.41) is 9.11. The minimum Gasteiger partial charge on any atom is -0.391 e. The Bertz CT molecular complexity index is 196. The summed E-state index contributed by atoms with van der Waals surface area (Å²) in [6.45, 7) is 0.0863. The largest absolute Gasteiger partial charge is 0.391 e. The Morgan fingerprint density at radius 2 is 2.00 bits per heavy atom. The second-order valence-electron chi connectivity index (χ2n) is 2.80. The number of hydrogen-bond donors (Lipinski definition) is 3. The highest BCUT2D eigenvalue weighted by atomic mass is 16.3. The van der Waals surface area contributed by atoms with Crippen molar-refractivity contribution in [2.45, 2.75) is 18.6 Å². The van der Waals surface area contributed by atoms with Gasteiger partial charge in [0.1, 0.15) is 6.04 Å². The first-order valence-corrected chi connectivity index (χ1v) is 3.56. The normalized spacial score (nSPS) is 28.9. The summed E-state index contributed by atoms with van der Waals surface area (Å²) >= 11 is 0. The predicted molar refractivity (Wildman–Crippen MR) is 39.9 cm³/mol. The Balaban J connectivity index is 2.72. The van der Waals surface area contributed by atoms with E-state index in [2.05, 4.69) is 0 Å². The van der Waals surface area contributed by atoms with Gasteiger partial charge in [0.05, 0.1) is 6.10 Å². The third-order valence-electron chi connectivity index (χ3n) is 1.89. The number of nitrogens with zero attached hydrogens (tertiary/aromatic N) is 1. The monoisotopic (exact) mass is 173 g/mol. The summed E-state index contributed by atoms with van der Waals surface area (Å²) in [5.41, 5.74) is 9.94. The molecule has 1 rings (SSSR count). The van der Waals surface area contributed by atoms with Crippen LogP contribution >= 0.6 is 0 Å². The lowest BCUT2D eigenvalue weighted by Gasteiger charge is -2.18. The molecule has 6 nitrogen and oxygen atoms in total. The highest BCUT2D eigenvalue weighted by molar-refractivity contribution is 5.86. The highest BCUT2D eigenvalue weighted by Gasteiger charge is 2.36. The van der Waals surface area contributed by atoms with Crippen molar-refractivity contribution >= 4 is 11.9 Å². The van der Waals surface area contributed by atoms with E-state index in [9.17, 15) is 9.59 Å². The van der Waals surface area contributed by atoms with Crippen molar-refractivity contribution in [1.29, 1.82) is 0 Å². The summed E-state index contributed by atoms with van der Waals surface area (Å²) in [6.07, 6.45) is -0.520. The zero-order chi connectivity index (χ0) is 9.30. The average molecular weight is 173 g/mol. The van der Waals surface area contributed by atoms with Crippen LogP contribution in [0.3, 0.4) is 0 Å². The first-order chi connectivity index (χ1) is 5.52. The number of carbonyl (C=O) groups excluding carboxylic acids is 2. The molecule has 0 aromatic heterocycles. The minimum atomic E-state index is -0.752. The van der Waals surface area contributed by atoms with Gasteiger partial charge in [0.25, 0.3) is 0 Å². The van der Waals surface area contributed by atoms with Crippen LogP contribution in [0.25, 0.3) is 0 Å². The third-order valence-corrected chi connectivity index (χ3v) is 1.89. The van der Waals surface area contributed by atoms with E-state index in [1.54, 1.807) is 0 Å². The summed E-state index contributed by atoms with van der Waals surface area (Å²) in [6, 6.07) is -1.48. The van der Waals surface area contributed by atoms with E-state index in [0.717, 1.165) is 4.90 Å². The van der Waals surface area contributed by atoms with Crippen molar-refractivity contribution in [2.24, 2.45) is 11.5 Å². The Morgan fingerprint density at radius 1 is 1.42 bits per heavy atom. The molecule has 0 saturated carbocycles. The molecule has 5 N–H and O–H groups in total. The maximum atomic E-state index is 10.7. The number of β-amino-alcohol motifs (C(OH)–C–C–N with tert-alkyl or cyclic N) is 1. The molecular weight excluding hydrogens is 162 g/mol. The first kappa shape index (κ1) is 8.79. The Labute approximate surface area is 69.1 Å². The van der Waals surface area contributed by atoms with E-state index < -0.39 is 24.1 Å². The standard InChI is InChI=1S/C6H11N3O3/c7-5(11)4-1-3(10)2-9(4)6(8)12/h3-4,10H,1-2H2,(H2,7,11)(H2,8,12)/t3-,4+/m0/s1. The van der Waals surface area contributed by atoms with Gasteiger partial charge in [-0.1, -0.05) is 0 Å². The van der Waals surface area contributed by atoms with Crippen LogP contribution in [0.1, 0.15) is 6.42 Å². The van der Waals surface area contributed by atoms with Crippen LogP contribution in [0.5, 0.6) is 0 Å². The molecule has 1 heterocycles. The first-order valence-electron chi connectivity index (χ1n) is 3.56. The van der Waals surface area contributed by atoms with Gasteiger partial charge in [0, 0.05) is 13.0 Å². The van der Waals surface area contributed by atoms with E-state index in [-0.39, 0.29) is 13.0 Å². The van der Waals surface area contributed by atoms with Gasteiger partial charge < -0.3 is 21.5 Å². The van der Waals surface area contributed by atoms with E-state index >= 15 is 0 Å². The van der Waals surface area contributed by atoms with Crippen molar-refractivity contribution in [3.63, 3.8) is 0 Å². The van der Waals surface area contributed by atoms with E-state index in [1.165, 1.54) is 0 Å². The van der Waals surface area contributed by atoms with Gasteiger partial charge in [-0.05, 0) is 0 Å². The minimum absolute atomic E-state index is 0.0863. The van der Waals surface area contributed by atoms with Gasteiger partial charge in [-0.25, -0.2) is 4.79 Å². The number of likely N-dealkylation sites (tertiary alicyclic amines) is 1. The van der Waals surface area contributed by atoms with Gasteiger partial charge >= 0.3 is 6.03 Å². The molecule has 68 valence electrons. The molecule has 0 spiro atoms. The number of carbonyl (C=O) groups is 2. The van der Waals surface area contributed by atoms with Crippen LogP contribution in [-0.4, -0.2) is 40.6 Å². The molecular formula is C6H11N3O3. The van der Waals surface area contributed by atoms with Crippen molar-refractivity contribution in [2.75, 3.05) is 6.54 Å². The number of aliphatic hydroxyl groups excluding tert-OH is 1. The number of urea groups is 1. The maximum absolute atomic E-state index is 10.7. The zero-order valence-electron chi connectivity index (χ0n) is 6.43. The Morgan fingerprint density at radius 3 is 2.33 bits per heavy atom. The molecule has 1 fully saturated rings. The maximum Gasteiger partial charge on any atom is 0.315 e. The van der Waals surface area contributed by atoms with Crippen LogP contribution in [0.4, 0.5) is 4.79 Å². The predicted octanol–water partition coefficient (Wildman–Crippen LogP) is -2.01. The molecule has 3 amide bonds. The van der Waals surface area contributed by atoms with E-state index in [4.69, 9.17) is 16.6 Å². The fourth-order valence-corrected chi connectivity index (χ4v) is 1.33. The topological polar surface area (TPSA) is 110 Å². The second kappa shape index (κ2) is 2.98. The van der Waals surface area contributed by atoms with E-state index in [0.29, 0.717) is 0 Å². The Kier molecular flexibility index (Phi) is 2.18. The van der Waals surface area contributed by atoms with Gasteiger partial charge in [0.15, 0.2) is 0 Å². The molecule has 0 aromatic rings. The van der Waals surface area contributed by atoms with Gasteiger partial charge in [-0.3, -0.25) is 4.79 Å². The van der Waals surface area contributed by atoms with Gasteiger partial charge in [-0.2, -0.15) is 0 Å². The molecule has 1 aliphatic heterocycles. The van der Waals surface area contributed by atoms with Gasteiger partial charge in [0.2, 0.25) is 5.91 Å². The van der Waals surface area contributed by atoms with Crippen LogP contribution in [-0.2, 0) is 4.79 Å². The lowest BCUT2D eigenvalue weighted by atomic mass is 10.2. The lowest BCUT2D eigenvalue weighted by molar-refractivity contribution is -0.121. The van der Waals surface area contributed by atoms with Crippen molar-refractivity contribution < 1.29 is 14.7 Å². The molecule has 12 heavy (non-hydrogen) atoms. The molecule has 1 aliphatic rings. The van der Waals surface area contributed by atoms with Crippen molar-refractivity contribution in [1.82, 2.24) is 4.90 Å². The molecule has 0 unspecified atom stereocenters. The number of amides is 3. The number of nitrogens with two attached hydrogens (primary N) is 2. The average Bonchev–Trinajstić information content (AvgIpc) is 2.31.